The SMILES string of the molecule is CCN(CC)/[N+]([O-])=N\OCOC(=O)c1cccc(CNS(=O)(=O)c2cc(C(=O)NN3c4ccc([N+](=O)[O-])cc4CC3C)ccc2Cl)c1. The maximum atomic E-state index is 13.2. The molecule has 2 N–H and O–H groups in total. The number of hydrogen-bond donors (Lipinski definition) is 2. The number of hydrazine groups is 2. The number of ether oxygens (including phenoxy) is 1. The molecule has 1 heterocycles. The summed E-state index contributed by atoms with van der Waals surface area (Å²) in [7, 11) is -4.24. The molecule has 4 rings (SSSR count). The number of nitro benzene ring substituents is 1. The second-order valence-corrected chi connectivity index (χ2v) is 12.4. The van der Waals surface area contributed by atoms with Gasteiger partial charge in [-0.25, -0.2) is 17.9 Å². The van der Waals surface area contributed by atoms with E-state index in [9.17, 15) is 33.3 Å². The molecule has 0 radical (unpaired) electrons. The minimum absolute atomic E-state index is 0.00762. The quantitative estimate of drug-likeness (QED) is 0.0470. The van der Waals surface area contributed by atoms with E-state index in [-0.39, 0.29) is 44.3 Å². The van der Waals surface area contributed by atoms with E-state index in [0.717, 1.165) is 6.07 Å². The zero-order valence-corrected chi connectivity index (χ0v) is 27.2. The van der Waals surface area contributed by atoms with E-state index in [2.05, 4.69) is 15.4 Å². The van der Waals surface area contributed by atoms with Crippen LogP contribution in [0, 0.1) is 15.3 Å². The van der Waals surface area contributed by atoms with Crippen LogP contribution >= 0.6 is 11.6 Å². The zero-order chi connectivity index (χ0) is 34.3. The fourth-order valence-corrected chi connectivity index (χ4v) is 6.28. The first kappa shape index (κ1) is 34.9. The molecule has 0 saturated carbocycles. The lowest BCUT2D eigenvalue weighted by atomic mass is 10.1. The van der Waals surface area contributed by atoms with Crippen LogP contribution in [0.3, 0.4) is 0 Å². The molecule has 16 nitrogen and oxygen atoms in total. The lowest BCUT2D eigenvalue weighted by molar-refractivity contribution is -0.710. The van der Waals surface area contributed by atoms with E-state index in [1.165, 1.54) is 47.5 Å². The largest absolute Gasteiger partial charge is 0.569 e. The van der Waals surface area contributed by atoms with E-state index in [1.54, 1.807) is 31.0 Å². The van der Waals surface area contributed by atoms with Crippen LogP contribution in [-0.2, 0) is 32.6 Å². The van der Waals surface area contributed by atoms with Crippen LogP contribution in [0.2, 0.25) is 5.02 Å². The minimum atomic E-state index is -4.24. The highest BCUT2D eigenvalue weighted by atomic mass is 35.5. The minimum Gasteiger partial charge on any atom is -0.569 e. The number of hydrogen-bond acceptors (Lipinski definition) is 11. The summed E-state index contributed by atoms with van der Waals surface area (Å²) in [5.41, 5.74) is 4.49. The van der Waals surface area contributed by atoms with Gasteiger partial charge in [0.1, 0.15) is 4.90 Å². The molecule has 0 aromatic heterocycles. The molecule has 1 aliphatic heterocycles. The first-order valence-electron chi connectivity index (χ1n) is 14.3. The molecular formula is C29H32ClN7O9S. The number of non-ortho nitro benzene ring substituents is 1. The summed E-state index contributed by atoms with van der Waals surface area (Å²) in [4.78, 5) is 40.9. The summed E-state index contributed by atoms with van der Waals surface area (Å²) in [6.07, 6.45) is 0.459. The van der Waals surface area contributed by atoms with Crippen LogP contribution in [0.1, 0.15) is 52.6 Å². The van der Waals surface area contributed by atoms with Crippen LogP contribution in [0.5, 0.6) is 0 Å². The van der Waals surface area contributed by atoms with Gasteiger partial charge in [-0.3, -0.25) is 25.3 Å². The summed E-state index contributed by atoms with van der Waals surface area (Å²) >= 11 is 6.23. The van der Waals surface area contributed by atoms with E-state index < -0.39 is 33.6 Å². The van der Waals surface area contributed by atoms with Crippen molar-refractivity contribution in [1.82, 2.24) is 15.2 Å². The third-order valence-corrected chi connectivity index (χ3v) is 9.05. The number of carbonyl (C=O) groups is 2. The number of anilines is 1. The molecule has 47 heavy (non-hydrogen) atoms. The molecule has 18 heteroatoms. The van der Waals surface area contributed by atoms with Crippen molar-refractivity contribution in [3.8, 4) is 0 Å². The predicted molar refractivity (Wildman–Crippen MR) is 168 cm³/mol. The van der Waals surface area contributed by atoms with Gasteiger partial charge < -0.3 is 14.8 Å². The summed E-state index contributed by atoms with van der Waals surface area (Å²) in [5, 5.41) is 29.0. The fraction of sp³-hybridized carbons (Fsp3) is 0.310. The number of sulfonamides is 1. The average molecular weight is 690 g/mol. The standard InChI is InChI=1S/C29H32ClN7O9S/c1-4-34(5-2)37(42)33-46-18-45-29(39)22-8-6-7-20(14-22)17-31-47(43,44)27-16-21(9-11-25(27)30)28(38)32-35-19(3)13-23-15-24(36(40)41)10-12-26(23)35/h6-12,14-16,19,31H,4-5,13,17-18H2,1-3H3,(H,32,38)/b37-33+. The van der Waals surface area contributed by atoms with Gasteiger partial charge in [-0.1, -0.05) is 23.7 Å². The molecule has 1 unspecified atom stereocenters. The molecule has 3 aromatic rings. The van der Waals surface area contributed by atoms with Gasteiger partial charge in [0.2, 0.25) is 15.3 Å². The van der Waals surface area contributed by atoms with Crippen molar-refractivity contribution in [2.45, 2.75) is 44.7 Å². The van der Waals surface area contributed by atoms with Gasteiger partial charge in [-0.15, -0.1) is 5.01 Å². The molecular weight excluding hydrogens is 658 g/mol. The number of rotatable bonds is 14. The fourth-order valence-electron chi connectivity index (χ4n) is 4.74. The molecule has 3 aromatic carbocycles. The van der Waals surface area contributed by atoms with E-state index >= 15 is 0 Å². The monoisotopic (exact) mass is 689 g/mol. The van der Waals surface area contributed by atoms with Gasteiger partial charge in [0, 0.05) is 24.2 Å². The molecule has 0 aliphatic carbocycles. The second-order valence-electron chi connectivity index (χ2n) is 10.3. The molecule has 0 bridgehead atoms. The number of halogens is 1. The Bertz CT molecular complexity index is 1800. The molecule has 0 saturated heterocycles. The first-order chi connectivity index (χ1) is 22.3. The smallest absolute Gasteiger partial charge is 0.341 e. The van der Waals surface area contributed by atoms with Crippen LogP contribution in [0.25, 0.3) is 0 Å². The average Bonchev–Trinajstić information content (AvgIpc) is 3.36. The van der Waals surface area contributed by atoms with Crippen molar-refractivity contribution in [3.05, 3.63) is 103 Å². The first-order valence-corrected chi connectivity index (χ1v) is 16.2. The van der Waals surface area contributed by atoms with Gasteiger partial charge in [0.25, 0.3) is 18.4 Å². The molecule has 1 aliphatic rings. The van der Waals surface area contributed by atoms with Crippen molar-refractivity contribution in [3.63, 3.8) is 0 Å². The van der Waals surface area contributed by atoms with Gasteiger partial charge >= 0.3 is 5.97 Å². The highest BCUT2D eigenvalue weighted by Crippen LogP contribution is 2.33. The van der Waals surface area contributed by atoms with Crippen molar-refractivity contribution in [2.75, 3.05) is 24.9 Å². The highest BCUT2D eigenvalue weighted by molar-refractivity contribution is 7.89. The van der Waals surface area contributed by atoms with Gasteiger partial charge in [0.15, 0.2) is 0 Å². The number of fused-ring (bicyclic) bond motifs is 1. The Morgan fingerprint density at radius 1 is 1.09 bits per heavy atom. The summed E-state index contributed by atoms with van der Waals surface area (Å²) in [6.45, 7) is 5.31. The Kier molecular flexibility index (Phi) is 11.2. The van der Waals surface area contributed by atoms with Crippen LogP contribution < -0.4 is 15.2 Å². The number of carbonyl (C=O) groups excluding carboxylic acids is 2. The number of benzene rings is 3. The van der Waals surface area contributed by atoms with Crippen molar-refractivity contribution in [1.29, 1.82) is 0 Å². The number of amides is 1. The maximum Gasteiger partial charge on any atom is 0.341 e. The maximum absolute atomic E-state index is 13.2. The Morgan fingerprint density at radius 2 is 1.83 bits per heavy atom. The van der Waals surface area contributed by atoms with Crippen molar-refractivity contribution < 1.29 is 37.5 Å². The Morgan fingerprint density at radius 3 is 2.53 bits per heavy atom. The van der Waals surface area contributed by atoms with E-state index in [0.29, 0.717) is 36.3 Å². The van der Waals surface area contributed by atoms with Crippen LogP contribution in [0.15, 0.2) is 70.8 Å². The lowest BCUT2D eigenvalue weighted by Crippen LogP contribution is -2.45. The summed E-state index contributed by atoms with van der Waals surface area (Å²) in [6, 6.07) is 13.9. The van der Waals surface area contributed by atoms with Gasteiger partial charge in [-0.05, 0) is 74.7 Å². The van der Waals surface area contributed by atoms with Gasteiger partial charge in [-0.2, -0.15) is 0 Å². The number of nitrogens with one attached hydrogen (secondary N) is 2. The van der Waals surface area contributed by atoms with Crippen molar-refractivity contribution in [2.24, 2.45) is 5.28 Å². The predicted octanol–water partition coefficient (Wildman–Crippen LogP) is 4.09. The number of nitrogens with zero attached hydrogens (tertiary/aromatic N) is 5. The van der Waals surface area contributed by atoms with Crippen LogP contribution in [-0.4, -0.2) is 61.1 Å². The molecule has 0 fully saturated rings. The van der Waals surface area contributed by atoms with Crippen molar-refractivity contribution >= 4 is 44.9 Å². The Hall–Kier alpha value is -5.00. The number of nitro groups is 1. The molecule has 1 amide bonds. The summed E-state index contributed by atoms with van der Waals surface area (Å²) in [5.74, 6) is -1.41. The Labute approximate surface area is 275 Å². The van der Waals surface area contributed by atoms with Crippen LogP contribution in [0.4, 0.5) is 11.4 Å². The number of esters is 1. The molecule has 1 atom stereocenters. The normalized spacial score (nSPS) is 14.3. The highest BCUT2D eigenvalue weighted by Gasteiger charge is 2.30. The second kappa shape index (κ2) is 15.1. The van der Waals surface area contributed by atoms with E-state index in [1.807, 2.05) is 6.92 Å². The molecule has 0 spiro atoms. The summed E-state index contributed by atoms with van der Waals surface area (Å²) < 4.78 is 33.9. The van der Waals surface area contributed by atoms with E-state index in [4.69, 9.17) is 21.2 Å². The third kappa shape index (κ3) is 8.43. The third-order valence-electron chi connectivity index (χ3n) is 7.17. The lowest BCUT2D eigenvalue weighted by Gasteiger charge is -2.25. The topological polar surface area (TPSA) is 199 Å². The zero-order valence-electron chi connectivity index (χ0n) is 25.6. The molecule has 250 valence electrons. The van der Waals surface area contributed by atoms with Gasteiger partial charge in [0.05, 0.1) is 45.3 Å². The Balaban J connectivity index is 1.39.